The monoisotopic (exact) mass is 300 g/mol. The number of hydrogen-bond acceptors (Lipinski definition) is 4. The van der Waals surface area contributed by atoms with Crippen molar-refractivity contribution < 1.29 is 19.4 Å². The zero-order valence-corrected chi connectivity index (χ0v) is 11.8. The van der Waals surface area contributed by atoms with Gasteiger partial charge in [-0.05, 0) is 25.0 Å². The predicted octanol–water partition coefficient (Wildman–Crippen LogP) is 1.73. The minimum Gasteiger partial charge on any atom is -0.480 e. The summed E-state index contributed by atoms with van der Waals surface area (Å²) in [5, 5.41) is 12.2. The van der Waals surface area contributed by atoms with Gasteiger partial charge in [0.1, 0.15) is 6.04 Å². The summed E-state index contributed by atoms with van der Waals surface area (Å²) in [6.45, 7) is 0.462. The van der Waals surface area contributed by atoms with Gasteiger partial charge in [0.15, 0.2) is 0 Å². The Balaban J connectivity index is 2.91. The Morgan fingerprint density at radius 3 is 2.75 bits per heavy atom. The minimum absolute atomic E-state index is 0.0900. The molecule has 1 amide bonds. The highest BCUT2D eigenvalue weighted by atomic mass is 35.5. The normalized spacial score (nSPS) is 11.9. The van der Waals surface area contributed by atoms with E-state index in [1.165, 1.54) is 6.07 Å². The van der Waals surface area contributed by atoms with Crippen LogP contribution >= 0.6 is 11.6 Å². The van der Waals surface area contributed by atoms with E-state index in [4.69, 9.17) is 22.1 Å². The second kappa shape index (κ2) is 7.72. The van der Waals surface area contributed by atoms with Gasteiger partial charge in [0, 0.05) is 19.4 Å². The van der Waals surface area contributed by atoms with Gasteiger partial charge in [0.2, 0.25) is 0 Å². The van der Waals surface area contributed by atoms with Gasteiger partial charge in [-0.25, -0.2) is 4.79 Å². The van der Waals surface area contributed by atoms with Gasteiger partial charge in [0.05, 0.1) is 10.6 Å². The number of methoxy groups -OCH3 is 1. The second-order valence-corrected chi connectivity index (χ2v) is 4.60. The molecule has 1 rings (SSSR count). The molecule has 0 saturated heterocycles. The molecule has 4 N–H and O–H groups in total. The maximum atomic E-state index is 11.4. The number of aliphatic carboxylic acids is 1. The molecule has 7 heteroatoms. The number of rotatable bonds is 8. The van der Waals surface area contributed by atoms with Gasteiger partial charge in [-0.1, -0.05) is 17.7 Å². The fraction of sp³-hybridized carbons (Fsp3) is 0.385. The summed E-state index contributed by atoms with van der Waals surface area (Å²) < 4.78 is 4.89. The van der Waals surface area contributed by atoms with E-state index in [0.717, 1.165) is 0 Å². The number of nitrogens with one attached hydrogen (secondary N) is 1. The minimum atomic E-state index is -1.02. The van der Waals surface area contributed by atoms with Crippen molar-refractivity contribution in [1.82, 2.24) is 0 Å². The lowest BCUT2D eigenvalue weighted by Gasteiger charge is -2.18. The third-order valence-corrected chi connectivity index (χ3v) is 3.04. The molecule has 0 aliphatic heterocycles. The summed E-state index contributed by atoms with van der Waals surface area (Å²) in [5.41, 5.74) is 5.66. The highest BCUT2D eigenvalue weighted by Gasteiger charge is 2.20. The standard InChI is InChI=1S/C13H17ClN2O4/c1-20-7-3-6-10(13(18)19)16-9-5-2-4-8(14)11(9)12(15)17/h2,4-5,10,16H,3,6-7H2,1H3,(H2,15,17)(H,18,19). The Hall–Kier alpha value is -1.79. The van der Waals surface area contributed by atoms with Crippen molar-refractivity contribution in [2.45, 2.75) is 18.9 Å². The fourth-order valence-electron chi connectivity index (χ4n) is 1.77. The van der Waals surface area contributed by atoms with Gasteiger partial charge in [0.25, 0.3) is 5.91 Å². The summed E-state index contributed by atoms with van der Waals surface area (Å²) in [5.74, 6) is -1.73. The average Bonchev–Trinajstić information content (AvgIpc) is 2.37. The zero-order chi connectivity index (χ0) is 15.1. The predicted molar refractivity (Wildman–Crippen MR) is 76.1 cm³/mol. The van der Waals surface area contributed by atoms with Crippen molar-refractivity contribution in [2.24, 2.45) is 5.73 Å². The number of carbonyl (C=O) groups excluding carboxylic acids is 1. The van der Waals surface area contributed by atoms with Crippen LogP contribution in [-0.2, 0) is 9.53 Å². The maximum absolute atomic E-state index is 11.4. The van der Waals surface area contributed by atoms with Gasteiger partial charge in [-0.2, -0.15) is 0 Å². The third-order valence-electron chi connectivity index (χ3n) is 2.73. The van der Waals surface area contributed by atoms with E-state index in [2.05, 4.69) is 5.32 Å². The molecular formula is C13H17ClN2O4. The molecule has 20 heavy (non-hydrogen) atoms. The number of nitrogens with two attached hydrogens (primary N) is 1. The first-order chi connectivity index (χ1) is 9.47. The van der Waals surface area contributed by atoms with Gasteiger partial charge in [-0.15, -0.1) is 0 Å². The van der Waals surface area contributed by atoms with Crippen LogP contribution in [0.15, 0.2) is 18.2 Å². The molecule has 0 saturated carbocycles. The molecule has 0 aliphatic carbocycles. The molecule has 1 aromatic carbocycles. The molecule has 0 radical (unpaired) electrons. The number of amides is 1. The van der Waals surface area contributed by atoms with E-state index in [-0.39, 0.29) is 10.6 Å². The van der Waals surface area contributed by atoms with Crippen LogP contribution in [0.25, 0.3) is 0 Å². The molecule has 6 nitrogen and oxygen atoms in total. The van der Waals surface area contributed by atoms with Crippen molar-refractivity contribution in [3.8, 4) is 0 Å². The van der Waals surface area contributed by atoms with Crippen LogP contribution in [0.5, 0.6) is 0 Å². The van der Waals surface area contributed by atoms with E-state index in [0.29, 0.717) is 25.1 Å². The number of halogens is 1. The Bertz CT molecular complexity index is 493. The Morgan fingerprint density at radius 1 is 1.50 bits per heavy atom. The SMILES string of the molecule is COCCCC(Nc1cccc(Cl)c1C(N)=O)C(=O)O. The number of carboxylic acids is 1. The van der Waals surface area contributed by atoms with E-state index < -0.39 is 17.9 Å². The number of carbonyl (C=O) groups is 2. The number of benzene rings is 1. The largest absolute Gasteiger partial charge is 0.480 e. The summed E-state index contributed by atoms with van der Waals surface area (Å²) in [6, 6.07) is 3.86. The first-order valence-corrected chi connectivity index (χ1v) is 6.41. The first-order valence-electron chi connectivity index (χ1n) is 6.04. The number of hydrogen-bond donors (Lipinski definition) is 3. The van der Waals surface area contributed by atoms with Gasteiger partial charge in [-0.3, -0.25) is 4.79 Å². The van der Waals surface area contributed by atoms with E-state index in [1.54, 1.807) is 19.2 Å². The van der Waals surface area contributed by atoms with Crippen LogP contribution in [0.3, 0.4) is 0 Å². The molecule has 1 aromatic rings. The fourth-order valence-corrected chi connectivity index (χ4v) is 2.04. The van der Waals surface area contributed by atoms with Crippen molar-refractivity contribution in [3.05, 3.63) is 28.8 Å². The number of ether oxygens (including phenoxy) is 1. The summed E-state index contributed by atoms with van der Waals surface area (Å²) >= 11 is 5.91. The first kappa shape index (κ1) is 16.3. The average molecular weight is 301 g/mol. The topological polar surface area (TPSA) is 102 Å². The molecule has 0 heterocycles. The number of primary amides is 1. The van der Waals surface area contributed by atoms with Crippen LogP contribution < -0.4 is 11.1 Å². The third kappa shape index (κ3) is 4.40. The zero-order valence-electron chi connectivity index (χ0n) is 11.1. The molecule has 1 atom stereocenters. The number of anilines is 1. The molecule has 0 aromatic heterocycles. The molecule has 0 aliphatic rings. The van der Waals surface area contributed by atoms with Crippen LogP contribution in [-0.4, -0.2) is 36.7 Å². The van der Waals surface area contributed by atoms with Crippen molar-refractivity contribution in [2.75, 3.05) is 19.0 Å². The molecular weight excluding hydrogens is 284 g/mol. The maximum Gasteiger partial charge on any atom is 0.326 e. The van der Waals surface area contributed by atoms with Crippen LogP contribution in [0.2, 0.25) is 5.02 Å². The lowest BCUT2D eigenvalue weighted by atomic mass is 10.1. The molecule has 110 valence electrons. The highest BCUT2D eigenvalue weighted by molar-refractivity contribution is 6.34. The molecule has 0 spiro atoms. The summed E-state index contributed by atoms with van der Waals surface area (Å²) in [7, 11) is 1.55. The van der Waals surface area contributed by atoms with E-state index in [9.17, 15) is 14.7 Å². The quantitative estimate of drug-likeness (QED) is 0.635. The summed E-state index contributed by atoms with van der Waals surface area (Å²) in [6.07, 6.45) is 0.931. The van der Waals surface area contributed by atoms with Gasteiger partial charge < -0.3 is 20.9 Å². The lowest BCUT2D eigenvalue weighted by molar-refractivity contribution is -0.138. The Labute approximate surface area is 121 Å². The Morgan fingerprint density at radius 2 is 2.20 bits per heavy atom. The van der Waals surface area contributed by atoms with Gasteiger partial charge >= 0.3 is 5.97 Å². The molecule has 0 bridgehead atoms. The lowest BCUT2D eigenvalue weighted by Crippen LogP contribution is -2.30. The van der Waals surface area contributed by atoms with Crippen molar-refractivity contribution in [3.63, 3.8) is 0 Å². The Kier molecular flexibility index (Phi) is 6.27. The van der Waals surface area contributed by atoms with E-state index >= 15 is 0 Å². The summed E-state index contributed by atoms with van der Waals surface area (Å²) in [4.78, 5) is 22.6. The van der Waals surface area contributed by atoms with Crippen molar-refractivity contribution >= 4 is 29.2 Å². The highest BCUT2D eigenvalue weighted by Crippen LogP contribution is 2.25. The molecule has 1 unspecified atom stereocenters. The van der Waals surface area contributed by atoms with Crippen LogP contribution in [0, 0.1) is 0 Å². The van der Waals surface area contributed by atoms with Crippen LogP contribution in [0.4, 0.5) is 5.69 Å². The smallest absolute Gasteiger partial charge is 0.326 e. The molecule has 0 fully saturated rings. The van der Waals surface area contributed by atoms with Crippen molar-refractivity contribution in [1.29, 1.82) is 0 Å². The number of carboxylic acid groups (broad SMARTS) is 1. The van der Waals surface area contributed by atoms with E-state index in [1.807, 2.05) is 0 Å². The van der Waals surface area contributed by atoms with Crippen LogP contribution in [0.1, 0.15) is 23.2 Å². The second-order valence-electron chi connectivity index (χ2n) is 4.20.